The molecule has 0 fully saturated rings. The smallest absolute Gasteiger partial charge is 0.307 e. The summed E-state index contributed by atoms with van der Waals surface area (Å²) in [6, 6.07) is 10.8. The van der Waals surface area contributed by atoms with Crippen LogP contribution in [-0.4, -0.2) is 69.9 Å². The van der Waals surface area contributed by atoms with Crippen molar-refractivity contribution in [3.63, 3.8) is 0 Å². The molecule has 37 heavy (non-hydrogen) atoms. The van der Waals surface area contributed by atoms with E-state index in [9.17, 15) is 18.4 Å². The van der Waals surface area contributed by atoms with Gasteiger partial charge in [-0.15, -0.1) is 0 Å². The molecule has 0 aliphatic carbocycles. The van der Waals surface area contributed by atoms with Crippen LogP contribution in [0.25, 0.3) is 0 Å². The molecule has 2 aromatic carbocycles. The molecule has 208 valence electrons. The molecule has 0 unspecified atom stereocenters. The second kappa shape index (κ2) is 29.4. The van der Waals surface area contributed by atoms with Crippen molar-refractivity contribution in [2.24, 2.45) is 0 Å². The molecule has 0 bridgehead atoms. The fourth-order valence-corrected chi connectivity index (χ4v) is 7.97. The molecule has 0 spiro atoms. The van der Waals surface area contributed by atoms with Gasteiger partial charge in [-0.2, -0.15) is 0 Å². The first-order valence-electron chi connectivity index (χ1n) is 12.5. The average molecular weight is 736 g/mol. The molecule has 9 heteroatoms. The molecule has 0 saturated heterocycles. The largest absolute Gasteiger partial charge is 0.481 e. The fraction of sp³-hybridized carbons (Fsp3) is 0.500. The molecule has 4 radical (unpaired) electrons. The van der Waals surface area contributed by atoms with Crippen molar-refractivity contribution < 1.29 is 34.1 Å². The van der Waals surface area contributed by atoms with Crippen LogP contribution >= 0.6 is 0 Å². The number of aliphatic carboxylic acids is 2. The quantitative estimate of drug-likeness (QED) is 0.185. The van der Waals surface area contributed by atoms with Gasteiger partial charge in [-0.25, -0.2) is 8.78 Å². The number of halogens is 2. The Hall–Kier alpha value is -1.20. The van der Waals surface area contributed by atoms with Crippen molar-refractivity contribution >= 4 is 54.2 Å². The number of benzene rings is 2. The van der Waals surface area contributed by atoms with Crippen LogP contribution < -0.4 is 0 Å². The standard InChI is InChI=1S/2C8H7FO2.4C3H7.H2O.2Sn/c2*9-7-3-1-6(2-4-7)5-8(10)11;4*1-3-2;;;/h2*1-4H,5H2,(H,10,11);4*1,3H2,2H3;1H2;;. The molecular weight excluding hydrogens is 692 g/mol. The zero-order chi connectivity index (χ0) is 27.6. The maximum absolute atomic E-state index is 12.3. The first kappa shape index (κ1) is 40.3. The monoisotopic (exact) mass is 738 g/mol. The summed E-state index contributed by atoms with van der Waals surface area (Å²) in [5, 5.41) is 16.7. The molecule has 4 N–H and O–H groups in total. The van der Waals surface area contributed by atoms with Crippen LogP contribution in [0, 0.1) is 11.6 Å². The van der Waals surface area contributed by atoms with Gasteiger partial charge >= 0.3 is 125 Å². The number of rotatable bonds is 12. The van der Waals surface area contributed by atoms with E-state index in [0.29, 0.717) is 11.1 Å². The van der Waals surface area contributed by atoms with E-state index >= 15 is 0 Å². The number of hydrogen-bond donors (Lipinski definition) is 2. The van der Waals surface area contributed by atoms with E-state index in [1.807, 2.05) is 0 Å². The summed E-state index contributed by atoms with van der Waals surface area (Å²) >= 11 is 0.363. The van der Waals surface area contributed by atoms with E-state index in [1.54, 1.807) is 17.7 Å². The normalized spacial score (nSPS) is 9.24. The SMILES string of the molecule is CC[CH2][Sn][CH2]CC.CC[CH2][Sn][CH2]CC.O.O=C(O)Cc1ccc(F)cc1.O=C(O)Cc1ccc(F)cc1. The average Bonchev–Trinajstić information content (AvgIpc) is 2.83. The Bertz CT molecular complexity index is 713. The van der Waals surface area contributed by atoms with E-state index in [-0.39, 0.29) is 72.2 Å². The first-order valence-corrected chi connectivity index (χ1v) is 20.6. The molecule has 0 aliphatic heterocycles. The van der Waals surface area contributed by atoms with Crippen molar-refractivity contribution in [1.82, 2.24) is 0 Å². The van der Waals surface area contributed by atoms with Crippen LogP contribution in [0.2, 0.25) is 17.7 Å². The van der Waals surface area contributed by atoms with Crippen molar-refractivity contribution in [2.45, 2.75) is 84.0 Å². The minimum absolute atomic E-state index is 0. The first-order chi connectivity index (χ1) is 17.2. The Morgan fingerprint density at radius 2 is 0.838 bits per heavy atom. The van der Waals surface area contributed by atoms with Gasteiger partial charge in [0.15, 0.2) is 0 Å². The summed E-state index contributed by atoms with van der Waals surface area (Å²) in [7, 11) is 0. The Kier molecular flexibility index (Phi) is 32.0. The third-order valence-electron chi connectivity index (χ3n) is 4.24. The van der Waals surface area contributed by atoms with E-state index in [0.717, 1.165) is 0 Å². The maximum Gasteiger partial charge on any atom is 0.307 e. The predicted molar refractivity (Wildman–Crippen MR) is 151 cm³/mol. The van der Waals surface area contributed by atoms with Gasteiger partial charge < -0.3 is 15.7 Å². The van der Waals surface area contributed by atoms with Crippen molar-refractivity contribution in [3.05, 3.63) is 71.3 Å². The zero-order valence-electron chi connectivity index (χ0n) is 22.7. The molecule has 5 nitrogen and oxygen atoms in total. The number of carboxylic acids is 2. The van der Waals surface area contributed by atoms with Gasteiger partial charge in [0.25, 0.3) is 0 Å². The van der Waals surface area contributed by atoms with Crippen molar-refractivity contribution in [3.8, 4) is 0 Å². The van der Waals surface area contributed by atoms with Crippen molar-refractivity contribution in [2.75, 3.05) is 0 Å². The van der Waals surface area contributed by atoms with E-state index in [2.05, 4.69) is 27.7 Å². The molecule has 0 atom stereocenters. The molecule has 0 saturated carbocycles. The van der Waals surface area contributed by atoms with E-state index in [1.165, 1.54) is 74.2 Å². The molecule has 0 heterocycles. The van der Waals surface area contributed by atoms with Crippen LogP contribution in [0.5, 0.6) is 0 Å². The van der Waals surface area contributed by atoms with Gasteiger partial charge in [0.1, 0.15) is 11.6 Å². The predicted octanol–water partition coefficient (Wildman–Crippen LogP) is 6.78. The van der Waals surface area contributed by atoms with Crippen LogP contribution in [0.3, 0.4) is 0 Å². The Balaban J connectivity index is -0.000000424. The van der Waals surface area contributed by atoms with Crippen LogP contribution in [-0.2, 0) is 22.4 Å². The molecule has 2 aromatic rings. The van der Waals surface area contributed by atoms with Gasteiger partial charge in [0, 0.05) is 0 Å². The summed E-state index contributed by atoms with van der Waals surface area (Å²) in [5.74, 6) is -2.51. The number of carbonyl (C=O) groups is 2. The van der Waals surface area contributed by atoms with Crippen molar-refractivity contribution in [1.29, 1.82) is 0 Å². The molecule has 2 rings (SSSR count). The molecule has 0 aliphatic rings. The fourth-order valence-electron chi connectivity index (χ4n) is 2.51. The molecular formula is C28H44F2O5Sn2. The summed E-state index contributed by atoms with van der Waals surface area (Å²) in [4.78, 5) is 20.3. The third kappa shape index (κ3) is 30.9. The van der Waals surface area contributed by atoms with Gasteiger partial charge in [-0.1, -0.05) is 24.3 Å². The second-order valence-corrected chi connectivity index (χ2v) is 16.5. The van der Waals surface area contributed by atoms with Crippen LogP contribution in [0.1, 0.15) is 64.5 Å². The van der Waals surface area contributed by atoms with Gasteiger partial charge in [-0.3, -0.25) is 9.59 Å². The Labute approximate surface area is 242 Å². The number of hydrogen-bond acceptors (Lipinski definition) is 2. The third-order valence-corrected chi connectivity index (χ3v) is 14.0. The minimum atomic E-state index is -0.906. The summed E-state index contributed by atoms with van der Waals surface area (Å²) in [6.45, 7) is 9.15. The maximum atomic E-state index is 12.3. The minimum Gasteiger partial charge on any atom is -0.481 e. The summed E-state index contributed by atoms with van der Waals surface area (Å²) < 4.78 is 30.9. The zero-order valence-corrected chi connectivity index (χ0v) is 28.4. The molecule has 0 amide bonds. The molecule has 0 aromatic heterocycles. The Morgan fingerprint density at radius 3 is 1.03 bits per heavy atom. The summed E-state index contributed by atoms with van der Waals surface area (Å²) in [5.41, 5.74) is 1.22. The van der Waals surface area contributed by atoms with Crippen LogP contribution in [0.15, 0.2) is 48.5 Å². The van der Waals surface area contributed by atoms with Gasteiger partial charge in [-0.05, 0) is 35.4 Å². The Morgan fingerprint density at radius 1 is 0.595 bits per heavy atom. The number of carboxylic acid groups (broad SMARTS) is 2. The van der Waals surface area contributed by atoms with E-state index < -0.39 is 11.9 Å². The van der Waals surface area contributed by atoms with Crippen LogP contribution in [0.4, 0.5) is 8.78 Å². The van der Waals surface area contributed by atoms with E-state index in [4.69, 9.17) is 10.2 Å². The second-order valence-electron chi connectivity index (χ2n) is 7.89. The topological polar surface area (TPSA) is 106 Å². The van der Waals surface area contributed by atoms with Gasteiger partial charge in [0.2, 0.25) is 0 Å². The van der Waals surface area contributed by atoms with Gasteiger partial charge in [0.05, 0.1) is 12.8 Å². The summed E-state index contributed by atoms with van der Waals surface area (Å²) in [6.07, 6.45) is 5.64.